The number of ether oxygens (including phenoxy) is 1. The quantitative estimate of drug-likeness (QED) is 0.811. The van der Waals surface area contributed by atoms with Crippen LogP contribution in [0.15, 0.2) is 30.3 Å². The zero-order valence-electron chi connectivity index (χ0n) is 16.2. The number of carbonyl (C=O) groups is 1. The summed E-state index contributed by atoms with van der Waals surface area (Å²) in [6.07, 6.45) is 9.17. The van der Waals surface area contributed by atoms with Crippen molar-refractivity contribution < 1.29 is 9.53 Å². The molecular formula is C22H32N2O2. The summed E-state index contributed by atoms with van der Waals surface area (Å²) in [7, 11) is 1.78. The normalized spacial score (nSPS) is 20.8. The number of methoxy groups -OCH3 is 1. The second-order valence-electron chi connectivity index (χ2n) is 7.65. The van der Waals surface area contributed by atoms with Crippen molar-refractivity contribution in [3.63, 3.8) is 0 Å². The van der Waals surface area contributed by atoms with E-state index in [-0.39, 0.29) is 0 Å². The molecular weight excluding hydrogens is 324 g/mol. The molecule has 2 fully saturated rings. The zero-order chi connectivity index (χ0) is 18.4. The van der Waals surface area contributed by atoms with E-state index in [4.69, 9.17) is 4.74 Å². The first kappa shape index (κ1) is 19.1. The number of aryl methyl sites for hydroxylation is 1. The monoisotopic (exact) mass is 356 g/mol. The van der Waals surface area contributed by atoms with Crippen LogP contribution in [0.3, 0.4) is 0 Å². The van der Waals surface area contributed by atoms with Crippen LogP contribution in [0, 0.1) is 12.8 Å². The minimum absolute atomic E-state index is 0.294. The van der Waals surface area contributed by atoms with Crippen molar-refractivity contribution in [1.82, 2.24) is 9.80 Å². The van der Waals surface area contributed by atoms with Crippen molar-refractivity contribution in [3.8, 4) is 0 Å². The van der Waals surface area contributed by atoms with E-state index < -0.39 is 0 Å². The van der Waals surface area contributed by atoms with Crippen LogP contribution in [0.25, 0.3) is 6.08 Å². The highest BCUT2D eigenvalue weighted by molar-refractivity contribution is 5.78. The van der Waals surface area contributed by atoms with Crippen LogP contribution in [0.5, 0.6) is 0 Å². The van der Waals surface area contributed by atoms with Gasteiger partial charge in [0.15, 0.2) is 0 Å². The number of likely N-dealkylation sites (tertiary alicyclic amines) is 2. The van der Waals surface area contributed by atoms with Gasteiger partial charge in [-0.1, -0.05) is 36.4 Å². The molecule has 2 aliphatic rings. The molecule has 3 rings (SSSR count). The summed E-state index contributed by atoms with van der Waals surface area (Å²) in [5.74, 6) is 0.873. The van der Waals surface area contributed by atoms with Crippen molar-refractivity contribution in [2.75, 3.05) is 39.8 Å². The minimum Gasteiger partial charge on any atom is -0.381 e. The van der Waals surface area contributed by atoms with Gasteiger partial charge < -0.3 is 9.64 Å². The van der Waals surface area contributed by atoms with Crippen LogP contribution in [-0.4, -0.2) is 61.6 Å². The Morgan fingerprint density at radius 3 is 2.46 bits per heavy atom. The third-order valence-corrected chi connectivity index (χ3v) is 5.86. The summed E-state index contributed by atoms with van der Waals surface area (Å²) in [5, 5.41) is 0. The van der Waals surface area contributed by atoms with Crippen LogP contribution in [0.1, 0.15) is 36.8 Å². The van der Waals surface area contributed by atoms with Crippen LogP contribution < -0.4 is 0 Å². The highest BCUT2D eigenvalue weighted by atomic mass is 16.5. The Hall–Kier alpha value is -1.65. The first-order valence-electron chi connectivity index (χ1n) is 9.92. The van der Waals surface area contributed by atoms with Crippen LogP contribution in [-0.2, 0) is 9.53 Å². The van der Waals surface area contributed by atoms with Gasteiger partial charge in [0, 0.05) is 33.3 Å². The Kier molecular flexibility index (Phi) is 6.86. The van der Waals surface area contributed by atoms with Crippen LogP contribution >= 0.6 is 0 Å². The van der Waals surface area contributed by atoms with Crippen LogP contribution in [0.4, 0.5) is 0 Å². The highest BCUT2D eigenvalue weighted by Gasteiger charge is 2.25. The van der Waals surface area contributed by atoms with Gasteiger partial charge in [0.25, 0.3) is 0 Å². The average Bonchev–Trinajstić information content (AvgIpc) is 2.68. The molecule has 0 bridgehead atoms. The lowest BCUT2D eigenvalue weighted by Crippen LogP contribution is -2.46. The maximum atomic E-state index is 12.6. The Morgan fingerprint density at radius 2 is 1.81 bits per heavy atom. The van der Waals surface area contributed by atoms with E-state index in [0.29, 0.717) is 24.5 Å². The van der Waals surface area contributed by atoms with Crippen LogP contribution in [0.2, 0.25) is 0 Å². The van der Waals surface area contributed by atoms with E-state index >= 15 is 0 Å². The van der Waals surface area contributed by atoms with E-state index in [1.165, 1.54) is 11.1 Å². The zero-order valence-corrected chi connectivity index (χ0v) is 16.2. The fourth-order valence-electron chi connectivity index (χ4n) is 3.95. The Morgan fingerprint density at radius 1 is 1.12 bits per heavy atom. The van der Waals surface area contributed by atoms with Crippen molar-refractivity contribution in [1.29, 1.82) is 0 Å². The largest absolute Gasteiger partial charge is 0.381 e. The summed E-state index contributed by atoms with van der Waals surface area (Å²) in [6.45, 7) is 6.43. The number of hydrogen-bond acceptors (Lipinski definition) is 3. The van der Waals surface area contributed by atoms with Gasteiger partial charge in [-0.25, -0.2) is 0 Å². The molecule has 0 unspecified atom stereocenters. The van der Waals surface area contributed by atoms with Crippen molar-refractivity contribution in [3.05, 3.63) is 41.5 Å². The van der Waals surface area contributed by atoms with Gasteiger partial charge in [-0.05, 0) is 49.7 Å². The SMILES string of the molecule is COC1CCN(CC(=O)N2CCC(/C=C/c3ccccc3C)CC2)CC1. The molecule has 0 spiro atoms. The summed E-state index contributed by atoms with van der Waals surface area (Å²) < 4.78 is 5.41. The van der Waals surface area contributed by atoms with Gasteiger partial charge in [0.05, 0.1) is 12.6 Å². The Balaban J connectivity index is 1.42. The van der Waals surface area contributed by atoms with E-state index in [9.17, 15) is 4.79 Å². The molecule has 0 aliphatic carbocycles. The maximum Gasteiger partial charge on any atom is 0.236 e. The summed E-state index contributed by atoms with van der Waals surface area (Å²) >= 11 is 0. The molecule has 2 saturated heterocycles. The van der Waals surface area contributed by atoms with E-state index in [1.807, 2.05) is 0 Å². The molecule has 2 heterocycles. The molecule has 1 aromatic carbocycles. The second-order valence-corrected chi connectivity index (χ2v) is 7.65. The molecule has 26 heavy (non-hydrogen) atoms. The highest BCUT2D eigenvalue weighted by Crippen LogP contribution is 2.21. The molecule has 4 heteroatoms. The molecule has 2 aliphatic heterocycles. The number of carbonyl (C=O) groups excluding carboxylic acids is 1. The lowest BCUT2D eigenvalue weighted by molar-refractivity contribution is -0.134. The Bertz CT molecular complexity index is 612. The number of rotatable bonds is 5. The lowest BCUT2D eigenvalue weighted by atomic mass is 9.95. The van der Waals surface area contributed by atoms with E-state index in [0.717, 1.165) is 51.9 Å². The molecule has 0 radical (unpaired) electrons. The van der Waals surface area contributed by atoms with Gasteiger partial charge in [0.2, 0.25) is 5.91 Å². The standard InChI is InChI=1S/C22H32N2O2/c1-18-5-3-4-6-20(18)8-7-19-9-15-24(16-10-19)22(25)17-23-13-11-21(26-2)12-14-23/h3-8,19,21H,9-17H2,1-2H3/b8-7+. The van der Waals surface area contributed by atoms with Crippen molar-refractivity contribution in [2.45, 2.75) is 38.7 Å². The summed E-state index contributed by atoms with van der Waals surface area (Å²) in [6, 6.07) is 8.48. The predicted molar refractivity (Wildman–Crippen MR) is 106 cm³/mol. The topological polar surface area (TPSA) is 32.8 Å². The first-order valence-corrected chi connectivity index (χ1v) is 9.92. The average molecular weight is 357 g/mol. The molecule has 142 valence electrons. The fraction of sp³-hybridized carbons (Fsp3) is 0.591. The fourth-order valence-corrected chi connectivity index (χ4v) is 3.95. The third kappa shape index (κ3) is 5.18. The van der Waals surface area contributed by atoms with Crippen molar-refractivity contribution in [2.24, 2.45) is 5.92 Å². The number of allylic oxidation sites excluding steroid dienone is 1. The van der Waals surface area contributed by atoms with Gasteiger partial charge in [0.1, 0.15) is 0 Å². The van der Waals surface area contributed by atoms with Crippen molar-refractivity contribution >= 4 is 12.0 Å². The summed E-state index contributed by atoms with van der Waals surface area (Å²) in [5.41, 5.74) is 2.61. The molecule has 0 aromatic heterocycles. The lowest BCUT2D eigenvalue weighted by Gasteiger charge is -2.35. The molecule has 0 N–H and O–H groups in total. The Labute approximate surface area is 157 Å². The third-order valence-electron chi connectivity index (χ3n) is 5.86. The minimum atomic E-state index is 0.294. The molecule has 4 nitrogen and oxygen atoms in total. The number of amides is 1. The smallest absolute Gasteiger partial charge is 0.236 e. The van der Waals surface area contributed by atoms with Gasteiger partial charge >= 0.3 is 0 Å². The van der Waals surface area contributed by atoms with Gasteiger partial charge in [-0.2, -0.15) is 0 Å². The maximum absolute atomic E-state index is 12.6. The molecule has 1 amide bonds. The van der Waals surface area contributed by atoms with E-state index in [1.54, 1.807) is 7.11 Å². The number of hydrogen-bond donors (Lipinski definition) is 0. The first-order chi connectivity index (χ1) is 12.7. The predicted octanol–water partition coefficient (Wildman–Crippen LogP) is 3.36. The second kappa shape index (κ2) is 9.33. The summed E-state index contributed by atoms with van der Waals surface area (Å²) in [4.78, 5) is 16.9. The van der Waals surface area contributed by atoms with Gasteiger partial charge in [-0.3, -0.25) is 9.69 Å². The number of benzene rings is 1. The molecule has 0 saturated carbocycles. The number of piperidine rings is 2. The van der Waals surface area contributed by atoms with Gasteiger partial charge in [-0.15, -0.1) is 0 Å². The molecule has 0 atom stereocenters. The number of nitrogens with zero attached hydrogens (tertiary/aromatic N) is 2. The van der Waals surface area contributed by atoms with E-state index in [2.05, 4.69) is 53.1 Å². The molecule has 1 aromatic rings.